The van der Waals surface area contributed by atoms with Gasteiger partial charge in [0, 0.05) is 16.8 Å². The molecule has 7 aromatic carbocycles. The van der Waals surface area contributed by atoms with Gasteiger partial charge in [0.2, 0.25) is 0 Å². The van der Waals surface area contributed by atoms with Crippen molar-refractivity contribution in [3.8, 4) is 11.1 Å². The minimum Gasteiger partial charge on any atom is -0.334 e. The molecule has 1 unspecified atom stereocenters. The number of rotatable bonds is 9. The van der Waals surface area contributed by atoms with Crippen molar-refractivity contribution in [3.05, 3.63) is 244 Å². The van der Waals surface area contributed by atoms with E-state index < -0.39 is 5.41 Å². The van der Waals surface area contributed by atoms with Crippen molar-refractivity contribution in [3.63, 3.8) is 0 Å². The van der Waals surface area contributed by atoms with Gasteiger partial charge in [0.25, 0.3) is 0 Å². The van der Waals surface area contributed by atoms with Gasteiger partial charge in [0.05, 0.1) is 11.5 Å². The number of nitrogens with zero attached hydrogens (tertiary/aromatic N) is 1. The van der Waals surface area contributed by atoms with Crippen LogP contribution < -0.4 is 4.90 Å². The summed E-state index contributed by atoms with van der Waals surface area (Å²) in [5.74, 6) is -0.559. The molecule has 59 heavy (non-hydrogen) atoms. The summed E-state index contributed by atoms with van der Waals surface area (Å²) in [4.78, 5) is 2.22. The van der Waals surface area contributed by atoms with E-state index in [4.69, 9.17) is 0 Å². The molecule has 10 rings (SSSR count). The van der Waals surface area contributed by atoms with Gasteiger partial charge >= 0.3 is 0 Å². The lowest BCUT2D eigenvalue weighted by molar-refractivity contribution is 0.455. The Balaban J connectivity index is 1.03. The molecule has 7 aromatic rings. The second-order valence-electron chi connectivity index (χ2n) is 16.1. The number of anilines is 2. The van der Waals surface area contributed by atoms with Crippen LogP contribution in [0.25, 0.3) is 28.9 Å². The van der Waals surface area contributed by atoms with Gasteiger partial charge in [-0.25, -0.2) is 8.78 Å². The van der Waals surface area contributed by atoms with Gasteiger partial charge in [-0.1, -0.05) is 159 Å². The molecule has 0 aromatic heterocycles. The van der Waals surface area contributed by atoms with E-state index in [2.05, 4.69) is 164 Å². The molecule has 3 heteroatoms. The molecule has 0 spiro atoms. The third kappa shape index (κ3) is 5.78. The Kier molecular flexibility index (Phi) is 9.13. The summed E-state index contributed by atoms with van der Waals surface area (Å²) < 4.78 is 28.3. The molecule has 0 saturated heterocycles. The minimum absolute atomic E-state index is 0.0298. The van der Waals surface area contributed by atoms with E-state index in [0.717, 1.165) is 30.6 Å². The molecule has 0 fully saturated rings. The highest BCUT2D eigenvalue weighted by Crippen LogP contribution is 2.58. The number of allylic oxidation sites excluding steroid dienone is 2. The van der Waals surface area contributed by atoms with Crippen LogP contribution in [0.4, 0.5) is 20.2 Å². The molecule has 0 heterocycles. The second-order valence-corrected chi connectivity index (χ2v) is 16.1. The summed E-state index contributed by atoms with van der Waals surface area (Å²) in [6.07, 6.45) is 11.9. The third-order valence-electron chi connectivity index (χ3n) is 13.4. The van der Waals surface area contributed by atoms with E-state index in [9.17, 15) is 8.78 Å². The number of fused-ring (bicyclic) bond motifs is 5. The third-order valence-corrected chi connectivity index (χ3v) is 13.4. The monoisotopic (exact) mass is 769 g/mol. The Morgan fingerprint density at radius 1 is 0.576 bits per heavy atom. The second kappa shape index (κ2) is 14.7. The molecule has 288 valence electrons. The van der Waals surface area contributed by atoms with Crippen LogP contribution >= 0.6 is 0 Å². The first-order valence-electron chi connectivity index (χ1n) is 20.9. The van der Waals surface area contributed by atoms with Crippen LogP contribution in [0.2, 0.25) is 0 Å². The number of hydrogen-bond donors (Lipinski definition) is 0. The average Bonchev–Trinajstić information content (AvgIpc) is 3.75. The van der Waals surface area contributed by atoms with Gasteiger partial charge in [-0.3, -0.25) is 0 Å². The molecular weight excluding hydrogens is 725 g/mol. The first kappa shape index (κ1) is 36.7. The minimum atomic E-state index is -0.438. The highest BCUT2D eigenvalue weighted by atomic mass is 19.1. The number of hydrogen-bond acceptors (Lipinski definition) is 1. The van der Waals surface area contributed by atoms with Gasteiger partial charge < -0.3 is 4.90 Å². The van der Waals surface area contributed by atoms with E-state index in [0.29, 0.717) is 0 Å². The van der Waals surface area contributed by atoms with Crippen molar-refractivity contribution in [1.82, 2.24) is 0 Å². The lowest BCUT2D eigenvalue weighted by atomic mass is 9.67. The normalized spacial score (nSPS) is 16.8. The summed E-state index contributed by atoms with van der Waals surface area (Å²) in [6.45, 7) is 4.63. The molecule has 1 atom stereocenters. The van der Waals surface area contributed by atoms with E-state index in [1.807, 2.05) is 24.3 Å². The Morgan fingerprint density at radius 2 is 1.17 bits per heavy atom. The van der Waals surface area contributed by atoms with Crippen molar-refractivity contribution in [2.45, 2.75) is 50.0 Å². The van der Waals surface area contributed by atoms with Crippen molar-refractivity contribution < 1.29 is 8.78 Å². The van der Waals surface area contributed by atoms with E-state index in [1.54, 1.807) is 0 Å². The van der Waals surface area contributed by atoms with Crippen molar-refractivity contribution >= 4 is 29.1 Å². The molecule has 0 radical (unpaired) electrons. The van der Waals surface area contributed by atoms with Crippen LogP contribution in [-0.4, -0.2) is 6.04 Å². The maximum Gasteiger partial charge on any atom is 0.123 e. The summed E-state index contributed by atoms with van der Waals surface area (Å²) in [5.41, 5.74) is 16.7. The molecule has 3 aliphatic rings. The highest BCUT2D eigenvalue weighted by molar-refractivity contribution is 5.93. The summed E-state index contributed by atoms with van der Waals surface area (Å²) in [5, 5.41) is 0. The molecule has 0 amide bonds. The Hall–Kier alpha value is -6.58. The van der Waals surface area contributed by atoms with Crippen molar-refractivity contribution in [1.29, 1.82) is 0 Å². The van der Waals surface area contributed by atoms with Crippen LogP contribution in [0.3, 0.4) is 0 Å². The zero-order valence-corrected chi connectivity index (χ0v) is 33.4. The molecule has 0 aliphatic heterocycles. The molecule has 0 N–H and O–H groups in total. The predicted octanol–water partition coefficient (Wildman–Crippen LogP) is 14.5. The number of halogens is 2. The maximum absolute atomic E-state index is 14.1. The first-order valence-corrected chi connectivity index (χ1v) is 20.9. The van der Waals surface area contributed by atoms with Crippen molar-refractivity contribution in [2.75, 3.05) is 4.90 Å². The summed E-state index contributed by atoms with van der Waals surface area (Å²) in [6, 6.07) is 57.9. The Labute approximate surface area is 346 Å². The fourth-order valence-corrected chi connectivity index (χ4v) is 10.7. The van der Waals surface area contributed by atoms with Gasteiger partial charge in [-0.15, -0.1) is 0 Å². The Bertz CT molecular complexity index is 2690. The SMILES string of the molecule is CCC1(CC)C2=C(C=CC(N(c3ccc(F)cc3)c3ccc(F)cc3)C2)c2ccc(C=Cc3cccc4c3-c3ccccc3C4(c3ccccc3)c3ccccc3)cc21. The zero-order chi connectivity index (χ0) is 40.1. The fraction of sp³-hybridized carbons (Fsp3) is 0.143. The molecule has 1 nitrogen and oxygen atoms in total. The summed E-state index contributed by atoms with van der Waals surface area (Å²) in [7, 11) is 0. The zero-order valence-electron chi connectivity index (χ0n) is 33.4. The van der Waals surface area contributed by atoms with Crippen LogP contribution in [0, 0.1) is 11.6 Å². The topological polar surface area (TPSA) is 3.24 Å². The highest BCUT2D eigenvalue weighted by Gasteiger charge is 2.47. The summed E-state index contributed by atoms with van der Waals surface area (Å²) >= 11 is 0. The maximum atomic E-state index is 14.1. The average molecular weight is 770 g/mol. The van der Waals surface area contributed by atoms with Gasteiger partial charge in [-0.05, 0) is 135 Å². The first-order chi connectivity index (χ1) is 29.0. The molecule has 0 saturated carbocycles. The van der Waals surface area contributed by atoms with E-state index in [-0.39, 0.29) is 23.1 Å². The van der Waals surface area contributed by atoms with Gasteiger partial charge in [-0.2, -0.15) is 0 Å². The van der Waals surface area contributed by atoms with Gasteiger partial charge in [0.15, 0.2) is 0 Å². The fourth-order valence-electron chi connectivity index (χ4n) is 10.7. The van der Waals surface area contributed by atoms with Crippen LogP contribution in [0.15, 0.2) is 188 Å². The number of benzene rings is 7. The molecule has 0 bridgehead atoms. The Morgan fingerprint density at radius 3 is 1.80 bits per heavy atom. The van der Waals surface area contributed by atoms with Gasteiger partial charge in [0.1, 0.15) is 11.6 Å². The van der Waals surface area contributed by atoms with Crippen LogP contribution in [0.1, 0.15) is 77.6 Å². The van der Waals surface area contributed by atoms with E-state index >= 15 is 0 Å². The lowest BCUT2D eigenvalue weighted by Gasteiger charge is -2.39. The largest absolute Gasteiger partial charge is 0.334 e. The molecular formula is C56H45F2N. The predicted molar refractivity (Wildman–Crippen MR) is 241 cm³/mol. The van der Waals surface area contributed by atoms with Crippen LogP contribution in [0.5, 0.6) is 0 Å². The quantitative estimate of drug-likeness (QED) is 0.132. The van der Waals surface area contributed by atoms with Crippen LogP contribution in [-0.2, 0) is 10.8 Å². The smallest absolute Gasteiger partial charge is 0.123 e. The molecule has 3 aliphatic carbocycles. The van der Waals surface area contributed by atoms with Crippen molar-refractivity contribution in [2.24, 2.45) is 0 Å². The standard InChI is InChI=1S/C56H45F2N/c1-3-55(4-2)52-36-38(23-34-47(52)48-35-33-46(37-53(48)55)59(44-29-25-42(57)26-30-44)45-31-27-43(58)28-32-45)22-24-39-14-13-21-51-54(39)49-19-11-12-20-50(49)56(51,40-15-7-5-8-16-40)41-17-9-6-10-18-41/h5-36,46H,3-4,37H2,1-2H3. The van der Waals surface area contributed by atoms with E-state index in [1.165, 1.54) is 91.0 Å². The lowest BCUT2D eigenvalue weighted by Crippen LogP contribution is -2.35.